The third-order valence-corrected chi connectivity index (χ3v) is 5.92. The topological polar surface area (TPSA) is 0 Å². The molecule has 0 atom stereocenters. The Labute approximate surface area is 139 Å². The summed E-state index contributed by atoms with van der Waals surface area (Å²) in [7, 11) is 0. The number of hydrogen-bond acceptors (Lipinski definition) is 1. The van der Waals surface area contributed by atoms with Gasteiger partial charge < -0.3 is 0 Å². The van der Waals surface area contributed by atoms with E-state index >= 15 is 0 Å². The fraction of sp³-hybridized carbons (Fsp3) is 0.0909. The monoisotopic (exact) mass is 312 g/mol. The molecule has 5 aromatic rings. The lowest BCUT2D eigenvalue weighted by molar-refractivity contribution is 1.19. The zero-order valence-electron chi connectivity index (χ0n) is 13.0. The first-order valence-electron chi connectivity index (χ1n) is 8.09. The van der Waals surface area contributed by atoms with Gasteiger partial charge in [0.25, 0.3) is 0 Å². The Kier molecular flexibility index (Phi) is 2.74. The van der Waals surface area contributed by atoms with E-state index in [1.54, 1.807) is 0 Å². The van der Waals surface area contributed by atoms with E-state index in [2.05, 4.69) is 73.0 Å². The summed E-state index contributed by atoms with van der Waals surface area (Å²) >= 11 is 1.86. The van der Waals surface area contributed by atoms with Crippen LogP contribution >= 0.6 is 11.3 Å². The van der Waals surface area contributed by atoms with Gasteiger partial charge in [-0.3, -0.25) is 0 Å². The molecule has 1 aromatic heterocycles. The van der Waals surface area contributed by atoms with Gasteiger partial charge >= 0.3 is 0 Å². The number of thiophene rings is 1. The van der Waals surface area contributed by atoms with Gasteiger partial charge in [0.2, 0.25) is 0 Å². The number of aryl methyl sites for hydroxylation is 1. The first-order valence-corrected chi connectivity index (χ1v) is 8.97. The van der Waals surface area contributed by atoms with Gasteiger partial charge in [-0.05, 0) is 61.3 Å². The van der Waals surface area contributed by atoms with Crippen LogP contribution in [0.2, 0.25) is 0 Å². The predicted octanol–water partition coefficient (Wildman–Crippen LogP) is 6.87. The smallest absolute Gasteiger partial charge is 0.00488 e. The summed E-state index contributed by atoms with van der Waals surface area (Å²) in [5.41, 5.74) is 2.71. The van der Waals surface area contributed by atoms with Crippen LogP contribution in [0, 0.1) is 0 Å². The molecule has 0 bridgehead atoms. The Morgan fingerprint density at radius 1 is 0.783 bits per heavy atom. The first kappa shape index (κ1) is 13.1. The summed E-state index contributed by atoms with van der Waals surface area (Å²) in [4.78, 5) is 1.45. The van der Waals surface area contributed by atoms with Crippen LogP contribution in [0.1, 0.15) is 11.8 Å². The first-order chi connectivity index (χ1) is 11.3. The molecule has 4 aromatic carbocycles. The molecule has 0 spiro atoms. The molecule has 0 unspecified atom stereocenters. The van der Waals surface area contributed by atoms with Gasteiger partial charge in [0.15, 0.2) is 0 Å². The highest BCUT2D eigenvalue weighted by Crippen LogP contribution is 2.40. The van der Waals surface area contributed by atoms with Crippen LogP contribution in [0.25, 0.3) is 43.4 Å². The highest BCUT2D eigenvalue weighted by atomic mass is 32.1. The Bertz CT molecular complexity index is 1130. The lowest BCUT2D eigenvalue weighted by atomic mass is 9.90. The van der Waals surface area contributed by atoms with Crippen LogP contribution in [0.3, 0.4) is 0 Å². The molecular weight excluding hydrogens is 296 g/mol. The molecule has 1 heteroatoms. The molecule has 0 aliphatic rings. The van der Waals surface area contributed by atoms with Gasteiger partial charge in [-0.1, -0.05) is 61.5 Å². The van der Waals surface area contributed by atoms with E-state index in [9.17, 15) is 0 Å². The zero-order chi connectivity index (χ0) is 15.4. The molecule has 0 saturated heterocycles. The molecule has 1 heterocycles. The van der Waals surface area contributed by atoms with Crippen LogP contribution in [-0.4, -0.2) is 0 Å². The van der Waals surface area contributed by atoms with E-state index in [0.29, 0.717) is 0 Å². The Morgan fingerprint density at radius 2 is 1.48 bits per heavy atom. The van der Waals surface area contributed by atoms with Crippen molar-refractivity contribution in [2.45, 2.75) is 13.3 Å². The van der Waals surface area contributed by atoms with Crippen LogP contribution in [0.4, 0.5) is 0 Å². The fourth-order valence-electron chi connectivity index (χ4n) is 3.69. The summed E-state index contributed by atoms with van der Waals surface area (Å²) in [5, 5.41) is 10.5. The van der Waals surface area contributed by atoms with E-state index in [1.165, 1.54) is 48.3 Å². The van der Waals surface area contributed by atoms with Gasteiger partial charge in [0.05, 0.1) is 0 Å². The zero-order valence-corrected chi connectivity index (χ0v) is 13.8. The van der Waals surface area contributed by atoms with E-state index < -0.39 is 0 Å². The maximum atomic E-state index is 2.34. The number of hydrogen-bond donors (Lipinski definition) is 0. The van der Waals surface area contributed by atoms with Crippen LogP contribution in [0.5, 0.6) is 0 Å². The van der Waals surface area contributed by atoms with Gasteiger partial charge in [0.1, 0.15) is 0 Å². The van der Waals surface area contributed by atoms with Crippen molar-refractivity contribution < 1.29 is 0 Å². The number of benzene rings is 4. The van der Waals surface area contributed by atoms with Crippen molar-refractivity contribution in [3.05, 3.63) is 70.9 Å². The van der Waals surface area contributed by atoms with Crippen molar-refractivity contribution in [1.29, 1.82) is 0 Å². The Morgan fingerprint density at radius 3 is 2.22 bits per heavy atom. The summed E-state index contributed by atoms with van der Waals surface area (Å²) < 4.78 is 0. The molecule has 0 amide bonds. The summed E-state index contributed by atoms with van der Waals surface area (Å²) in [6.45, 7) is 2.22. The van der Waals surface area contributed by atoms with E-state index in [-0.39, 0.29) is 0 Å². The van der Waals surface area contributed by atoms with Crippen molar-refractivity contribution in [3.63, 3.8) is 0 Å². The van der Waals surface area contributed by atoms with Crippen molar-refractivity contribution in [2.24, 2.45) is 0 Å². The maximum absolute atomic E-state index is 2.34. The largest absolute Gasteiger partial charge is 0.148 e. The normalized spacial score (nSPS) is 11.9. The van der Waals surface area contributed by atoms with Crippen LogP contribution < -0.4 is 0 Å². The van der Waals surface area contributed by atoms with E-state index in [4.69, 9.17) is 0 Å². The average molecular weight is 312 g/mol. The van der Waals surface area contributed by atoms with Crippen molar-refractivity contribution in [2.75, 3.05) is 0 Å². The quantitative estimate of drug-likeness (QED) is 0.312. The molecular formula is C22H16S. The van der Waals surface area contributed by atoms with Crippen molar-refractivity contribution >= 4 is 43.7 Å². The van der Waals surface area contributed by atoms with Gasteiger partial charge in [0, 0.05) is 4.88 Å². The molecule has 0 nitrogen and oxygen atoms in total. The minimum absolute atomic E-state index is 1.11. The van der Waals surface area contributed by atoms with E-state index in [1.807, 2.05) is 11.3 Å². The van der Waals surface area contributed by atoms with E-state index in [0.717, 1.165) is 6.42 Å². The van der Waals surface area contributed by atoms with Crippen LogP contribution in [0.15, 0.2) is 66.0 Å². The lowest BCUT2D eigenvalue weighted by Crippen LogP contribution is -1.86. The molecule has 0 aliphatic heterocycles. The molecule has 0 aliphatic carbocycles. The average Bonchev–Trinajstić information content (AvgIpc) is 3.08. The van der Waals surface area contributed by atoms with Gasteiger partial charge in [-0.2, -0.15) is 0 Å². The predicted molar refractivity (Wildman–Crippen MR) is 103 cm³/mol. The second-order valence-corrected chi connectivity index (χ2v) is 7.12. The fourth-order valence-corrected chi connectivity index (χ4v) is 4.53. The molecule has 5 rings (SSSR count). The highest BCUT2D eigenvalue weighted by molar-refractivity contribution is 7.10. The number of rotatable bonds is 2. The minimum Gasteiger partial charge on any atom is -0.148 e. The second kappa shape index (κ2) is 4.81. The summed E-state index contributed by atoms with van der Waals surface area (Å²) in [6, 6.07) is 22.5. The second-order valence-electron chi connectivity index (χ2n) is 6.12. The SMILES string of the molecule is CCc1cc(-c2ccc3ccc4cccc5ccc2c3c45)cs1. The lowest BCUT2D eigenvalue weighted by Gasteiger charge is -2.13. The summed E-state index contributed by atoms with van der Waals surface area (Å²) in [5.74, 6) is 0. The molecule has 23 heavy (non-hydrogen) atoms. The Balaban J connectivity index is 1.94. The Hall–Kier alpha value is -2.38. The minimum atomic E-state index is 1.11. The van der Waals surface area contributed by atoms with Crippen molar-refractivity contribution in [3.8, 4) is 11.1 Å². The maximum Gasteiger partial charge on any atom is 0.00488 e. The molecule has 0 saturated carbocycles. The highest BCUT2D eigenvalue weighted by Gasteiger charge is 2.12. The third-order valence-electron chi connectivity index (χ3n) is 4.84. The van der Waals surface area contributed by atoms with Gasteiger partial charge in [-0.15, -0.1) is 11.3 Å². The van der Waals surface area contributed by atoms with Crippen LogP contribution in [-0.2, 0) is 6.42 Å². The molecule has 0 N–H and O–H groups in total. The molecule has 0 fully saturated rings. The summed E-state index contributed by atoms with van der Waals surface area (Å²) in [6.07, 6.45) is 1.11. The van der Waals surface area contributed by atoms with Gasteiger partial charge in [-0.25, -0.2) is 0 Å². The molecule has 0 radical (unpaired) electrons. The standard InChI is InChI=1S/C22H16S/c1-2-18-12-17(13-23-18)19-10-8-16-7-6-14-4-3-5-15-9-11-20(19)22(16)21(14)15/h3-13H,2H2,1H3. The van der Waals surface area contributed by atoms with Crippen molar-refractivity contribution in [1.82, 2.24) is 0 Å². The molecule has 110 valence electrons. The third kappa shape index (κ3) is 1.83.